The summed E-state index contributed by atoms with van der Waals surface area (Å²) in [5, 5.41) is 3.37. The molecule has 0 spiro atoms. The molecule has 3 aromatic rings. The normalized spacial score (nSPS) is 22.1. The number of anilines is 3. The van der Waals surface area contributed by atoms with Gasteiger partial charge in [0.25, 0.3) is 0 Å². The van der Waals surface area contributed by atoms with E-state index in [2.05, 4.69) is 20.1 Å². The van der Waals surface area contributed by atoms with E-state index in [4.69, 9.17) is 19.4 Å². The van der Waals surface area contributed by atoms with Gasteiger partial charge < -0.3 is 19.7 Å². The molecule has 38 heavy (non-hydrogen) atoms. The largest absolute Gasteiger partial charge is 0.379 e. The molecule has 3 saturated heterocycles. The summed E-state index contributed by atoms with van der Waals surface area (Å²) in [6.45, 7) is 6.11. The van der Waals surface area contributed by atoms with E-state index in [0.717, 1.165) is 89.4 Å². The highest BCUT2D eigenvalue weighted by atomic mass is 32.2. The van der Waals surface area contributed by atoms with E-state index in [1.54, 1.807) is 30.6 Å². The van der Waals surface area contributed by atoms with Gasteiger partial charge in [0.1, 0.15) is 6.23 Å². The number of rotatable bonds is 6. The molecule has 3 fully saturated rings. The minimum Gasteiger partial charge on any atom is -0.379 e. The van der Waals surface area contributed by atoms with Crippen LogP contribution in [-0.4, -0.2) is 91.1 Å². The number of fused-ring (bicyclic) bond motifs is 1. The zero-order valence-corrected chi connectivity index (χ0v) is 22.6. The topological polar surface area (TPSA) is 115 Å². The molecule has 1 aromatic carbocycles. The molecular formula is C26H35N7O4S. The third-order valence-corrected chi connectivity index (χ3v) is 8.86. The van der Waals surface area contributed by atoms with Gasteiger partial charge in [-0.15, -0.1) is 0 Å². The van der Waals surface area contributed by atoms with Gasteiger partial charge in [0.05, 0.1) is 24.4 Å². The standard InChI is InChI=1S/C26H35N7O4S/c1-38(34,35)21-7-5-19(6-8-21)28-24-23-25(33(18-27-23)22-4-2-3-15-37-22)30-26(29-24)32-11-9-20(10-12-32)31-13-16-36-17-14-31/h5-8,18,20,22H,2-4,9-17H2,1H3,(H,28,29,30). The van der Waals surface area contributed by atoms with Gasteiger partial charge in [-0.25, -0.2) is 13.4 Å². The zero-order chi connectivity index (χ0) is 26.1. The summed E-state index contributed by atoms with van der Waals surface area (Å²) in [4.78, 5) is 19.7. The molecule has 3 aliphatic rings. The summed E-state index contributed by atoms with van der Waals surface area (Å²) in [7, 11) is -3.27. The Hall–Kier alpha value is -2.80. The maximum atomic E-state index is 11.9. The maximum absolute atomic E-state index is 11.9. The second-order valence-corrected chi connectivity index (χ2v) is 12.3. The molecule has 0 amide bonds. The second kappa shape index (κ2) is 10.8. The summed E-state index contributed by atoms with van der Waals surface area (Å²) < 4.78 is 37.4. The van der Waals surface area contributed by atoms with Gasteiger partial charge in [0, 0.05) is 50.8 Å². The number of hydrogen-bond donors (Lipinski definition) is 1. The molecule has 0 aliphatic carbocycles. The number of hydrogen-bond acceptors (Lipinski definition) is 10. The quantitative estimate of drug-likeness (QED) is 0.499. The first-order chi connectivity index (χ1) is 18.5. The molecule has 204 valence electrons. The number of benzene rings is 1. The predicted octanol–water partition coefficient (Wildman–Crippen LogP) is 2.97. The van der Waals surface area contributed by atoms with Gasteiger partial charge in [0.2, 0.25) is 5.95 Å². The van der Waals surface area contributed by atoms with Crippen LogP contribution in [0.5, 0.6) is 0 Å². The highest BCUT2D eigenvalue weighted by Crippen LogP contribution is 2.32. The van der Waals surface area contributed by atoms with Crippen LogP contribution in [0.4, 0.5) is 17.5 Å². The van der Waals surface area contributed by atoms with Crippen molar-refractivity contribution in [2.45, 2.75) is 49.3 Å². The molecule has 1 unspecified atom stereocenters. The first kappa shape index (κ1) is 25.5. The molecule has 6 rings (SSSR count). The number of morpholine rings is 1. The van der Waals surface area contributed by atoms with Crippen molar-refractivity contribution in [1.29, 1.82) is 0 Å². The van der Waals surface area contributed by atoms with E-state index in [1.165, 1.54) is 6.26 Å². The summed E-state index contributed by atoms with van der Waals surface area (Å²) in [6, 6.07) is 7.26. The Morgan fingerprint density at radius 2 is 1.71 bits per heavy atom. The minimum absolute atomic E-state index is 0.0922. The van der Waals surface area contributed by atoms with Gasteiger partial charge in [-0.05, 0) is 56.4 Å². The molecule has 2 aromatic heterocycles. The van der Waals surface area contributed by atoms with Crippen molar-refractivity contribution in [1.82, 2.24) is 24.4 Å². The molecule has 0 saturated carbocycles. The fourth-order valence-electron chi connectivity index (χ4n) is 5.58. The van der Waals surface area contributed by atoms with Crippen LogP contribution in [0.25, 0.3) is 11.2 Å². The van der Waals surface area contributed by atoms with Crippen LogP contribution < -0.4 is 10.2 Å². The highest BCUT2D eigenvalue weighted by Gasteiger charge is 2.28. The Labute approximate surface area is 223 Å². The molecule has 3 aliphatic heterocycles. The van der Waals surface area contributed by atoms with Crippen LogP contribution in [0.1, 0.15) is 38.3 Å². The van der Waals surface area contributed by atoms with Crippen molar-refractivity contribution in [2.75, 3.05) is 62.5 Å². The lowest BCUT2D eigenvalue weighted by molar-refractivity contribution is -0.0298. The summed E-state index contributed by atoms with van der Waals surface area (Å²) in [5.74, 6) is 1.27. The van der Waals surface area contributed by atoms with Crippen molar-refractivity contribution in [2.24, 2.45) is 0 Å². The van der Waals surface area contributed by atoms with Crippen LogP contribution in [0.3, 0.4) is 0 Å². The first-order valence-corrected chi connectivity index (χ1v) is 15.3. The van der Waals surface area contributed by atoms with Gasteiger partial charge in [-0.3, -0.25) is 9.47 Å². The lowest BCUT2D eigenvalue weighted by Gasteiger charge is -2.40. The van der Waals surface area contributed by atoms with Crippen LogP contribution in [-0.2, 0) is 19.3 Å². The summed E-state index contributed by atoms with van der Waals surface area (Å²) in [5.41, 5.74) is 2.14. The molecule has 5 heterocycles. The fraction of sp³-hybridized carbons (Fsp3) is 0.577. The third kappa shape index (κ3) is 5.35. The number of imidazole rings is 1. The summed E-state index contributed by atoms with van der Waals surface area (Å²) >= 11 is 0. The highest BCUT2D eigenvalue weighted by molar-refractivity contribution is 7.90. The predicted molar refractivity (Wildman–Crippen MR) is 145 cm³/mol. The van der Waals surface area contributed by atoms with Crippen molar-refractivity contribution in [3.8, 4) is 0 Å². The second-order valence-electron chi connectivity index (χ2n) is 10.3. The Balaban J connectivity index is 1.30. The molecule has 12 heteroatoms. The number of nitrogens with zero attached hydrogens (tertiary/aromatic N) is 6. The zero-order valence-electron chi connectivity index (χ0n) is 21.8. The molecule has 0 radical (unpaired) electrons. The van der Waals surface area contributed by atoms with Crippen molar-refractivity contribution < 1.29 is 17.9 Å². The monoisotopic (exact) mass is 541 g/mol. The lowest BCUT2D eigenvalue weighted by atomic mass is 10.0. The Morgan fingerprint density at radius 3 is 2.39 bits per heavy atom. The van der Waals surface area contributed by atoms with Crippen molar-refractivity contribution in [3.63, 3.8) is 0 Å². The Morgan fingerprint density at radius 1 is 0.947 bits per heavy atom. The molecule has 1 N–H and O–H groups in total. The SMILES string of the molecule is CS(=O)(=O)c1ccc(Nc2nc(N3CCC(N4CCOCC4)CC3)nc3c2ncn3C2CCCCO2)cc1. The smallest absolute Gasteiger partial charge is 0.229 e. The van der Waals surface area contributed by atoms with Crippen LogP contribution >= 0.6 is 0 Å². The number of nitrogens with one attached hydrogen (secondary N) is 1. The number of sulfone groups is 1. The van der Waals surface area contributed by atoms with Gasteiger partial charge in [-0.2, -0.15) is 9.97 Å². The van der Waals surface area contributed by atoms with Crippen LogP contribution in [0.15, 0.2) is 35.5 Å². The minimum atomic E-state index is -3.27. The van der Waals surface area contributed by atoms with Gasteiger partial charge >= 0.3 is 0 Å². The molecule has 11 nitrogen and oxygen atoms in total. The number of aromatic nitrogens is 4. The maximum Gasteiger partial charge on any atom is 0.229 e. The number of ether oxygens (including phenoxy) is 2. The third-order valence-electron chi connectivity index (χ3n) is 7.73. The Kier molecular flexibility index (Phi) is 7.21. The van der Waals surface area contributed by atoms with Crippen molar-refractivity contribution in [3.05, 3.63) is 30.6 Å². The molecule has 0 bridgehead atoms. The number of piperidine rings is 1. The average Bonchev–Trinajstić information content (AvgIpc) is 3.38. The Bertz CT molecular complexity index is 1360. The van der Waals surface area contributed by atoms with Crippen molar-refractivity contribution >= 4 is 38.5 Å². The average molecular weight is 542 g/mol. The van der Waals surface area contributed by atoms with Crippen LogP contribution in [0.2, 0.25) is 0 Å². The van der Waals surface area contributed by atoms with Crippen LogP contribution in [0, 0.1) is 0 Å². The molecular weight excluding hydrogens is 506 g/mol. The van der Waals surface area contributed by atoms with Gasteiger partial charge in [-0.1, -0.05) is 0 Å². The van der Waals surface area contributed by atoms with Gasteiger partial charge in [0.15, 0.2) is 26.8 Å². The van der Waals surface area contributed by atoms with E-state index in [9.17, 15) is 8.42 Å². The van der Waals surface area contributed by atoms with E-state index < -0.39 is 9.84 Å². The first-order valence-electron chi connectivity index (χ1n) is 13.5. The van der Waals surface area contributed by atoms with E-state index in [-0.39, 0.29) is 11.1 Å². The van der Waals surface area contributed by atoms with E-state index >= 15 is 0 Å². The fourth-order valence-corrected chi connectivity index (χ4v) is 6.21. The molecule has 1 atom stereocenters. The summed E-state index contributed by atoms with van der Waals surface area (Å²) in [6.07, 6.45) is 8.12. The lowest BCUT2D eigenvalue weighted by Crippen LogP contribution is -2.49. The van der Waals surface area contributed by atoms with E-state index in [1.807, 2.05) is 4.57 Å². The van der Waals surface area contributed by atoms with E-state index in [0.29, 0.717) is 23.3 Å².